The van der Waals surface area contributed by atoms with Crippen LogP contribution in [0.2, 0.25) is 6.32 Å². The van der Waals surface area contributed by atoms with E-state index in [4.69, 9.17) is 31.4 Å². The first kappa shape index (κ1) is 24.8. The Kier molecular flexibility index (Phi) is 8.58. The maximum absolute atomic E-state index is 12.3. The summed E-state index contributed by atoms with van der Waals surface area (Å²) in [6.07, 6.45) is -3.24. The van der Waals surface area contributed by atoms with Gasteiger partial charge in [0.05, 0.1) is 25.7 Å². The van der Waals surface area contributed by atoms with Gasteiger partial charge in [0.1, 0.15) is 35.6 Å². The summed E-state index contributed by atoms with van der Waals surface area (Å²) in [5.41, 5.74) is 10.9. The quantitative estimate of drug-likeness (QED) is 0.119. The molecule has 1 aliphatic rings. The largest absolute Gasteiger partial charge is 0.507 e. The Bertz CT molecular complexity index is 791. The third kappa shape index (κ3) is 6.27. The van der Waals surface area contributed by atoms with Gasteiger partial charge < -0.3 is 51.6 Å². The number of carbonyl (C=O) groups is 2. The van der Waals surface area contributed by atoms with E-state index in [-0.39, 0.29) is 37.1 Å². The predicted molar refractivity (Wildman–Crippen MR) is 107 cm³/mol. The van der Waals surface area contributed by atoms with Crippen molar-refractivity contribution in [1.29, 1.82) is 0 Å². The van der Waals surface area contributed by atoms with Crippen LogP contribution in [0, 0.1) is 0 Å². The molecular formula is C17H27BN4O9. The second-order valence-corrected chi connectivity index (χ2v) is 7.19. The summed E-state index contributed by atoms with van der Waals surface area (Å²) in [4.78, 5) is 25.2. The van der Waals surface area contributed by atoms with Crippen molar-refractivity contribution in [2.45, 2.75) is 37.3 Å². The normalized spacial score (nSPS) is 16.9. The molecule has 0 radical (unpaired) electrons. The van der Waals surface area contributed by atoms with Gasteiger partial charge in [-0.2, -0.15) is 0 Å². The van der Waals surface area contributed by atoms with Crippen LogP contribution >= 0.6 is 0 Å². The topological polar surface area (TPSA) is 232 Å². The molecule has 1 amide bonds. The van der Waals surface area contributed by atoms with Crippen molar-refractivity contribution in [2.75, 3.05) is 19.7 Å². The smallest absolute Gasteiger partial charge is 0.451 e. The van der Waals surface area contributed by atoms with E-state index in [0.717, 1.165) is 0 Å². The number of nitrogens with one attached hydrogen (secondary N) is 1. The molecule has 2 rings (SSSR count). The SMILES string of the molecule is N[C@H](CO)C(O)N[C@H](N)C(=O)N1CC(Oc2ccc(CCB(O)O)c(O)c2C(=O)O)C1. The van der Waals surface area contributed by atoms with Gasteiger partial charge in [-0.15, -0.1) is 0 Å². The zero-order chi connectivity index (χ0) is 23.3. The molecule has 1 heterocycles. The minimum absolute atomic E-state index is 0.0481. The zero-order valence-electron chi connectivity index (χ0n) is 16.6. The van der Waals surface area contributed by atoms with Crippen LogP contribution in [-0.2, 0) is 11.2 Å². The van der Waals surface area contributed by atoms with Crippen LogP contribution in [-0.4, -0.2) is 98.6 Å². The monoisotopic (exact) mass is 442 g/mol. The summed E-state index contributed by atoms with van der Waals surface area (Å²) in [7, 11) is -1.59. The number of phenols is 1. The van der Waals surface area contributed by atoms with Gasteiger partial charge in [-0.3, -0.25) is 10.1 Å². The van der Waals surface area contributed by atoms with Gasteiger partial charge in [0.2, 0.25) is 0 Å². The molecule has 1 fully saturated rings. The number of carbonyl (C=O) groups excluding carboxylic acids is 1. The number of hydrogen-bond acceptors (Lipinski definition) is 11. The van der Waals surface area contributed by atoms with E-state index in [1.807, 2.05) is 0 Å². The van der Waals surface area contributed by atoms with Crippen LogP contribution in [0.1, 0.15) is 15.9 Å². The number of aromatic hydroxyl groups is 1. The zero-order valence-corrected chi connectivity index (χ0v) is 16.6. The molecule has 13 nitrogen and oxygen atoms in total. The molecule has 1 saturated heterocycles. The lowest BCUT2D eigenvalue weighted by Crippen LogP contribution is -2.65. The van der Waals surface area contributed by atoms with E-state index >= 15 is 0 Å². The van der Waals surface area contributed by atoms with Crippen LogP contribution in [0.4, 0.5) is 0 Å². The molecule has 31 heavy (non-hydrogen) atoms. The predicted octanol–water partition coefficient (Wildman–Crippen LogP) is -3.79. The molecule has 0 aliphatic carbocycles. The van der Waals surface area contributed by atoms with Gasteiger partial charge in [-0.05, 0) is 24.4 Å². The Labute approximate surface area is 178 Å². The van der Waals surface area contributed by atoms with Gasteiger partial charge in [0.15, 0.2) is 0 Å². The third-order valence-electron chi connectivity index (χ3n) is 4.80. The van der Waals surface area contributed by atoms with Gasteiger partial charge >= 0.3 is 13.1 Å². The highest BCUT2D eigenvalue weighted by molar-refractivity contribution is 6.41. The van der Waals surface area contributed by atoms with Crippen molar-refractivity contribution < 1.29 is 44.8 Å². The maximum Gasteiger partial charge on any atom is 0.451 e. The number of likely N-dealkylation sites (tertiary alicyclic amines) is 1. The fraction of sp³-hybridized carbons (Fsp3) is 0.529. The molecule has 172 valence electrons. The van der Waals surface area contributed by atoms with Crippen LogP contribution in [0.3, 0.4) is 0 Å². The molecule has 0 aromatic heterocycles. The number of benzene rings is 1. The number of rotatable bonds is 11. The molecule has 0 spiro atoms. The van der Waals surface area contributed by atoms with Gasteiger partial charge in [0.25, 0.3) is 5.91 Å². The number of aliphatic hydroxyl groups excluding tert-OH is 2. The van der Waals surface area contributed by atoms with Crippen LogP contribution in [0.15, 0.2) is 12.1 Å². The number of aromatic carboxylic acids is 1. The Hall–Kier alpha value is -2.46. The molecular weight excluding hydrogens is 415 g/mol. The first-order valence-electron chi connectivity index (χ1n) is 9.51. The molecule has 1 aromatic rings. The summed E-state index contributed by atoms with van der Waals surface area (Å²) in [5.74, 6) is -2.60. The van der Waals surface area contributed by atoms with E-state index in [1.54, 1.807) is 0 Å². The molecule has 1 unspecified atom stereocenters. The molecule has 1 aliphatic heterocycles. The third-order valence-corrected chi connectivity index (χ3v) is 4.80. The van der Waals surface area contributed by atoms with Crippen molar-refractivity contribution in [3.63, 3.8) is 0 Å². The fourth-order valence-electron chi connectivity index (χ4n) is 2.95. The first-order valence-corrected chi connectivity index (χ1v) is 9.51. The van der Waals surface area contributed by atoms with Crippen molar-refractivity contribution in [3.8, 4) is 11.5 Å². The number of ether oxygens (including phenoxy) is 1. The molecule has 11 N–H and O–H groups in total. The fourth-order valence-corrected chi connectivity index (χ4v) is 2.95. The Balaban J connectivity index is 1.97. The summed E-state index contributed by atoms with van der Waals surface area (Å²) in [6.45, 7) is -0.323. The van der Waals surface area contributed by atoms with E-state index in [9.17, 15) is 24.9 Å². The van der Waals surface area contributed by atoms with Crippen molar-refractivity contribution in [1.82, 2.24) is 10.2 Å². The van der Waals surface area contributed by atoms with Gasteiger partial charge in [-0.1, -0.05) is 6.07 Å². The summed E-state index contributed by atoms with van der Waals surface area (Å²) < 4.78 is 5.60. The average Bonchev–Trinajstić information content (AvgIpc) is 2.67. The summed E-state index contributed by atoms with van der Waals surface area (Å²) >= 11 is 0. The summed E-state index contributed by atoms with van der Waals surface area (Å²) in [5, 5.41) is 58.5. The number of aryl methyl sites for hydroxylation is 1. The highest BCUT2D eigenvalue weighted by Crippen LogP contribution is 2.34. The highest BCUT2D eigenvalue weighted by Gasteiger charge is 2.36. The average molecular weight is 442 g/mol. The minimum atomic E-state index is -1.59. The van der Waals surface area contributed by atoms with Gasteiger partial charge in [0, 0.05) is 0 Å². The number of hydrogen-bond donors (Lipinski definition) is 9. The summed E-state index contributed by atoms with van der Waals surface area (Å²) in [6, 6.07) is 1.76. The van der Waals surface area contributed by atoms with Crippen molar-refractivity contribution >= 4 is 19.0 Å². The number of aliphatic hydroxyl groups is 2. The molecule has 14 heteroatoms. The minimum Gasteiger partial charge on any atom is -0.507 e. The molecule has 0 bridgehead atoms. The van der Waals surface area contributed by atoms with Crippen LogP contribution in [0.5, 0.6) is 11.5 Å². The second-order valence-electron chi connectivity index (χ2n) is 7.19. The van der Waals surface area contributed by atoms with E-state index in [0.29, 0.717) is 0 Å². The number of nitrogens with zero attached hydrogens (tertiary/aromatic N) is 1. The van der Waals surface area contributed by atoms with E-state index in [1.165, 1.54) is 17.0 Å². The molecule has 1 aromatic carbocycles. The van der Waals surface area contributed by atoms with Crippen molar-refractivity contribution in [2.24, 2.45) is 11.5 Å². The molecule has 0 saturated carbocycles. The number of carboxylic acid groups (broad SMARTS) is 1. The standard InChI is InChI=1S/C17H27BN4O9/c19-10(7-23)15(25)21-14(20)16(26)22-5-9(6-22)31-11-2-1-8(3-4-18(29)30)13(24)12(11)17(27)28/h1-2,9-10,14-15,21,23-25,29-30H,3-7,19-20H2,(H,27,28)/t10-,14+,15?/m1/s1. The number of amides is 1. The lowest BCUT2D eigenvalue weighted by Gasteiger charge is -2.40. The van der Waals surface area contributed by atoms with Crippen LogP contribution in [0.25, 0.3) is 0 Å². The lowest BCUT2D eigenvalue weighted by molar-refractivity contribution is -0.143. The Morgan fingerprint density at radius 3 is 2.48 bits per heavy atom. The van der Waals surface area contributed by atoms with Gasteiger partial charge in [-0.25, -0.2) is 4.79 Å². The van der Waals surface area contributed by atoms with Crippen molar-refractivity contribution in [3.05, 3.63) is 23.3 Å². The second kappa shape index (κ2) is 10.7. The van der Waals surface area contributed by atoms with Crippen LogP contribution < -0.4 is 21.5 Å². The highest BCUT2D eigenvalue weighted by atomic mass is 16.5. The first-order chi connectivity index (χ1) is 14.5. The maximum atomic E-state index is 12.3. The van der Waals surface area contributed by atoms with E-state index in [2.05, 4.69) is 5.32 Å². The van der Waals surface area contributed by atoms with E-state index < -0.39 is 61.5 Å². The lowest BCUT2D eigenvalue weighted by atomic mass is 9.82. The number of carboxylic acids is 1. The molecule has 3 atom stereocenters. The Morgan fingerprint density at radius 1 is 1.29 bits per heavy atom. The Morgan fingerprint density at radius 2 is 1.94 bits per heavy atom. The number of nitrogens with two attached hydrogens (primary N) is 2.